The number of methoxy groups -OCH3 is 1. The van der Waals surface area contributed by atoms with Crippen LogP contribution in [-0.4, -0.2) is 31.2 Å². The maximum Gasteiger partial charge on any atom is 0.225 e. The number of nitrogens with zero attached hydrogens (tertiary/aromatic N) is 3. The molecule has 5 heteroatoms. The Bertz CT molecular complexity index is 552. The summed E-state index contributed by atoms with van der Waals surface area (Å²) in [6.07, 6.45) is 0. The van der Waals surface area contributed by atoms with Gasteiger partial charge in [-0.05, 0) is 30.3 Å². The van der Waals surface area contributed by atoms with Gasteiger partial charge in [-0.1, -0.05) is 0 Å². The Hall–Kier alpha value is -2.14. The lowest BCUT2D eigenvalue weighted by Gasteiger charge is -2.13. The molecule has 0 radical (unpaired) electrons. The van der Waals surface area contributed by atoms with Gasteiger partial charge in [0.1, 0.15) is 5.75 Å². The van der Waals surface area contributed by atoms with E-state index in [0.717, 1.165) is 22.7 Å². The molecule has 0 saturated carbocycles. The van der Waals surface area contributed by atoms with Crippen molar-refractivity contribution in [3.8, 4) is 17.0 Å². The lowest BCUT2D eigenvalue weighted by Crippen LogP contribution is -2.15. The van der Waals surface area contributed by atoms with Crippen LogP contribution in [0.3, 0.4) is 0 Å². The first kappa shape index (κ1) is 13.3. The van der Waals surface area contributed by atoms with Gasteiger partial charge >= 0.3 is 0 Å². The van der Waals surface area contributed by atoms with E-state index in [1.54, 1.807) is 7.11 Å². The van der Waals surface area contributed by atoms with Crippen LogP contribution in [0, 0.1) is 0 Å². The Kier molecular flexibility index (Phi) is 3.97. The smallest absolute Gasteiger partial charge is 0.225 e. The zero-order valence-corrected chi connectivity index (χ0v) is 11.4. The van der Waals surface area contributed by atoms with Crippen LogP contribution in [0.4, 0.5) is 5.95 Å². The van der Waals surface area contributed by atoms with Gasteiger partial charge in [-0.15, -0.1) is 0 Å². The molecule has 2 rings (SSSR count). The van der Waals surface area contributed by atoms with E-state index in [9.17, 15) is 0 Å². The van der Waals surface area contributed by atoms with Gasteiger partial charge in [-0.3, -0.25) is 0 Å². The number of ether oxygens (including phenoxy) is 1. The standard InChI is InChI=1S/C14H18N4O/c1-18(2)14-16-11(9-15)8-13(17-14)10-4-6-12(19-3)7-5-10/h4-8H,9,15H2,1-3H3. The van der Waals surface area contributed by atoms with Gasteiger partial charge in [0.15, 0.2) is 0 Å². The van der Waals surface area contributed by atoms with Crippen molar-refractivity contribution >= 4 is 5.95 Å². The summed E-state index contributed by atoms with van der Waals surface area (Å²) in [6, 6.07) is 9.68. The van der Waals surface area contributed by atoms with Crippen molar-refractivity contribution < 1.29 is 4.74 Å². The number of hydrogen-bond donors (Lipinski definition) is 1. The fourth-order valence-corrected chi connectivity index (χ4v) is 1.70. The van der Waals surface area contributed by atoms with Gasteiger partial charge in [-0.2, -0.15) is 0 Å². The topological polar surface area (TPSA) is 64.3 Å². The molecule has 1 aromatic heterocycles. The summed E-state index contributed by atoms with van der Waals surface area (Å²) in [6.45, 7) is 0.395. The van der Waals surface area contributed by atoms with E-state index in [1.165, 1.54) is 0 Å². The third kappa shape index (κ3) is 3.00. The number of anilines is 1. The zero-order valence-electron chi connectivity index (χ0n) is 11.4. The Morgan fingerprint density at radius 1 is 1.16 bits per heavy atom. The van der Waals surface area contributed by atoms with E-state index in [-0.39, 0.29) is 0 Å². The first-order valence-corrected chi connectivity index (χ1v) is 6.04. The van der Waals surface area contributed by atoms with Crippen LogP contribution >= 0.6 is 0 Å². The van der Waals surface area contributed by atoms with E-state index in [1.807, 2.05) is 49.3 Å². The van der Waals surface area contributed by atoms with Crippen molar-refractivity contribution in [3.05, 3.63) is 36.0 Å². The lowest BCUT2D eigenvalue weighted by molar-refractivity contribution is 0.415. The van der Waals surface area contributed by atoms with Gasteiger partial charge in [0.2, 0.25) is 5.95 Å². The highest BCUT2D eigenvalue weighted by atomic mass is 16.5. The van der Waals surface area contributed by atoms with Gasteiger partial charge in [-0.25, -0.2) is 9.97 Å². The summed E-state index contributed by atoms with van der Waals surface area (Å²) in [7, 11) is 5.47. The van der Waals surface area contributed by atoms with Crippen molar-refractivity contribution in [1.29, 1.82) is 0 Å². The predicted molar refractivity (Wildman–Crippen MR) is 76.2 cm³/mol. The molecule has 0 bridgehead atoms. The molecule has 0 unspecified atom stereocenters. The molecule has 0 aliphatic rings. The Labute approximate surface area is 113 Å². The highest BCUT2D eigenvalue weighted by Gasteiger charge is 2.07. The molecule has 5 nitrogen and oxygen atoms in total. The van der Waals surface area contributed by atoms with Gasteiger partial charge < -0.3 is 15.4 Å². The predicted octanol–water partition coefficient (Wildman–Crippen LogP) is 1.68. The van der Waals surface area contributed by atoms with Crippen LogP contribution in [0.1, 0.15) is 5.69 Å². The SMILES string of the molecule is COc1ccc(-c2cc(CN)nc(N(C)C)n2)cc1. The van der Waals surface area contributed by atoms with E-state index >= 15 is 0 Å². The van der Waals surface area contributed by atoms with Crippen LogP contribution in [0.5, 0.6) is 5.75 Å². The van der Waals surface area contributed by atoms with E-state index in [4.69, 9.17) is 10.5 Å². The van der Waals surface area contributed by atoms with E-state index in [2.05, 4.69) is 9.97 Å². The monoisotopic (exact) mass is 258 g/mol. The average Bonchev–Trinajstić information content (AvgIpc) is 2.46. The van der Waals surface area contributed by atoms with Crippen LogP contribution < -0.4 is 15.4 Å². The summed E-state index contributed by atoms with van der Waals surface area (Å²) in [5.41, 5.74) is 8.38. The minimum atomic E-state index is 0.395. The largest absolute Gasteiger partial charge is 0.497 e. The number of aromatic nitrogens is 2. The summed E-state index contributed by atoms with van der Waals surface area (Å²) >= 11 is 0. The minimum absolute atomic E-state index is 0.395. The molecule has 19 heavy (non-hydrogen) atoms. The molecule has 0 aliphatic carbocycles. The van der Waals surface area contributed by atoms with Gasteiger partial charge in [0.05, 0.1) is 18.5 Å². The molecule has 0 aliphatic heterocycles. The Morgan fingerprint density at radius 3 is 2.37 bits per heavy atom. The normalized spacial score (nSPS) is 10.3. The molecular weight excluding hydrogens is 240 g/mol. The van der Waals surface area contributed by atoms with Crippen LogP contribution in [0.25, 0.3) is 11.3 Å². The highest BCUT2D eigenvalue weighted by molar-refractivity contribution is 5.62. The third-order valence-corrected chi connectivity index (χ3v) is 2.76. The number of nitrogens with two attached hydrogens (primary N) is 1. The maximum absolute atomic E-state index is 5.68. The molecule has 2 aromatic rings. The van der Waals surface area contributed by atoms with Crippen LogP contribution in [-0.2, 0) is 6.54 Å². The van der Waals surface area contributed by atoms with E-state index < -0.39 is 0 Å². The fraction of sp³-hybridized carbons (Fsp3) is 0.286. The maximum atomic E-state index is 5.68. The molecule has 0 fully saturated rings. The summed E-state index contributed by atoms with van der Waals surface area (Å²) < 4.78 is 5.15. The molecule has 2 N–H and O–H groups in total. The summed E-state index contributed by atoms with van der Waals surface area (Å²) in [4.78, 5) is 10.8. The molecule has 0 atom stereocenters. The number of rotatable bonds is 4. The van der Waals surface area contributed by atoms with Crippen LogP contribution in [0.2, 0.25) is 0 Å². The van der Waals surface area contributed by atoms with Crippen molar-refractivity contribution in [1.82, 2.24) is 9.97 Å². The van der Waals surface area contributed by atoms with Crippen LogP contribution in [0.15, 0.2) is 30.3 Å². The summed E-state index contributed by atoms with van der Waals surface area (Å²) in [5, 5.41) is 0. The second kappa shape index (κ2) is 5.67. The fourth-order valence-electron chi connectivity index (χ4n) is 1.70. The van der Waals surface area contributed by atoms with Crippen molar-refractivity contribution in [2.75, 3.05) is 26.1 Å². The lowest BCUT2D eigenvalue weighted by atomic mass is 10.1. The third-order valence-electron chi connectivity index (χ3n) is 2.76. The first-order valence-electron chi connectivity index (χ1n) is 6.04. The minimum Gasteiger partial charge on any atom is -0.497 e. The second-order valence-electron chi connectivity index (χ2n) is 4.37. The molecule has 0 spiro atoms. The quantitative estimate of drug-likeness (QED) is 0.904. The van der Waals surface area contributed by atoms with Gasteiger partial charge in [0.25, 0.3) is 0 Å². The Morgan fingerprint density at radius 2 is 1.84 bits per heavy atom. The summed E-state index contributed by atoms with van der Waals surface area (Å²) in [5.74, 6) is 1.48. The molecule has 0 amide bonds. The molecule has 0 saturated heterocycles. The van der Waals surface area contributed by atoms with Crippen molar-refractivity contribution in [2.45, 2.75) is 6.54 Å². The first-order chi connectivity index (χ1) is 9.13. The number of hydrogen-bond acceptors (Lipinski definition) is 5. The molecule has 100 valence electrons. The van der Waals surface area contributed by atoms with Crippen molar-refractivity contribution in [3.63, 3.8) is 0 Å². The molecular formula is C14H18N4O. The van der Waals surface area contributed by atoms with E-state index in [0.29, 0.717) is 12.5 Å². The molecule has 1 heterocycles. The van der Waals surface area contributed by atoms with Crippen molar-refractivity contribution in [2.24, 2.45) is 5.73 Å². The average molecular weight is 258 g/mol. The highest BCUT2D eigenvalue weighted by Crippen LogP contribution is 2.22. The number of benzene rings is 1. The second-order valence-corrected chi connectivity index (χ2v) is 4.37. The zero-order chi connectivity index (χ0) is 13.8. The molecule has 1 aromatic carbocycles. The van der Waals surface area contributed by atoms with Gasteiger partial charge in [0, 0.05) is 26.2 Å². The Balaban J connectivity index is 2.44.